The molecule has 0 aromatic heterocycles. The Labute approximate surface area is 129 Å². The van der Waals surface area contributed by atoms with E-state index in [1.807, 2.05) is 6.92 Å². The van der Waals surface area contributed by atoms with Gasteiger partial charge in [0.25, 0.3) is 0 Å². The van der Waals surface area contributed by atoms with Gasteiger partial charge in [0.1, 0.15) is 0 Å². The van der Waals surface area contributed by atoms with Crippen LogP contribution in [0, 0.1) is 17.8 Å². The van der Waals surface area contributed by atoms with Crippen LogP contribution in [-0.4, -0.2) is 24.7 Å². The summed E-state index contributed by atoms with van der Waals surface area (Å²) in [4.78, 5) is 11.8. The molecule has 21 heavy (non-hydrogen) atoms. The van der Waals surface area contributed by atoms with Crippen molar-refractivity contribution in [3.05, 3.63) is 0 Å². The van der Waals surface area contributed by atoms with Crippen LogP contribution in [0.1, 0.15) is 71.1 Å². The molecule has 0 saturated heterocycles. The zero-order chi connectivity index (χ0) is 14.7. The topological polar surface area (TPSA) is 38.3 Å². The van der Waals surface area contributed by atoms with E-state index in [2.05, 4.69) is 5.32 Å². The van der Waals surface area contributed by atoms with Gasteiger partial charge >= 0.3 is 5.97 Å². The van der Waals surface area contributed by atoms with Gasteiger partial charge in [0.2, 0.25) is 0 Å². The molecule has 0 spiro atoms. The van der Waals surface area contributed by atoms with Gasteiger partial charge in [0.05, 0.1) is 12.5 Å². The monoisotopic (exact) mass is 293 g/mol. The van der Waals surface area contributed by atoms with Crippen molar-refractivity contribution in [1.82, 2.24) is 5.32 Å². The van der Waals surface area contributed by atoms with Gasteiger partial charge in [0, 0.05) is 12.1 Å². The number of carbonyl (C=O) groups excluding carboxylic acids is 1. The molecule has 0 aromatic carbocycles. The number of rotatable bonds is 5. The first-order chi connectivity index (χ1) is 10.3. The Bertz CT molecular complexity index is 345. The van der Waals surface area contributed by atoms with Crippen molar-refractivity contribution < 1.29 is 9.53 Å². The van der Waals surface area contributed by atoms with E-state index in [-0.39, 0.29) is 11.9 Å². The largest absolute Gasteiger partial charge is 0.466 e. The Kier molecular flexibility index (Phi) is 5.20. The van der Waals surface area contributed by atoms with Gasteiger partial charge in [-0.25, -0.2) is 0 Å². The molecule has 3 aliphatic carbocycles. The van der Waals surface area contributed by atoms with E-state index in [0.717, 1.165) is 43.6 Å². The van der Waals surface area contributed by atoms with Gasteiger partial charge in [-0.2, -0.15) is 0 Å². The molecule has 0 bridgehead atoms. The summed E-state index contributed by atoms with van der Waals surface area (Å²) in [5, 5.41) is 3.91. The van der Waals surface area contributed by atoms with Crippen LogP contribution in [0.5, 0.6) is 0 Å². The predicted octanol–water partition coefficient (Wildman–Crippen LogP) is 3.67. The third-order valence-corrected chi connectivity index (χ3v) is 5.82. The summed E-state index contributed by atoms with van der Waals surface area (Å²) in [6, 6.07) is 1.38. The lowest BCUT2D eigenvalue weighted by Gasteiger charge is -2.35. The second kappa shape index (κ2) is 7.13. The molecule has 0 amide bonds. The average Bonchev–Trinajstić information content (AvgIpc) is 3.33. The van der Waals surface area contributed by atoms with E-state index in [1.54, 1.807) is 0 Å². The van der Waals surface area contributed by atoms with Gasteiger partial charge in [-0.3, -0.25) is 4.79 Å². The molecule has 3 aliphatic rings. The molecule has 3 fully saturated rings. The molecule has 3 heteroatoms. The number of hydrogen-bond acceptors (Lipinski definition) is 3. The van der Waals surface area contributed by atoms with Crippen molar-refractivity contribution in [2.24, 2.45) is 17.8 Å². The third kappa shape index (κ3) is 4.21. The van der Waals surface area contributed by atoms with E-state index in [1.165, 1.54) is 38.5 Å². The minimum Gasteiger partial charge on any atom is -0.466 e. The number of nitrogens with one attached hydrogen (secondary N) is 1. The van der Waals surface area contributed by atoms with E-state index in [4.69, 9.17) is 4.74 Å². The third-order valence-electron chi connectivity index (χ3n) is 5.82. The lowest BCUT2D eigenvalue weighted by Crippen LogP contribution is -2.43. The van der Waals surface area contributed by atoms with Crippen LogP contribution < -0.4 is 5.32 Å². The average molecular weight is 293 g/mol. The Hall–Kier alpha value is -0.570. The molecule has 3 saturated carbocycles. The highest BCUT2D eigenvalue weighted by molar-refractivity contribution is 5.72. The van der Waals surface area contributed by atoms with E-state index >= 15 is 0 Å². The number of esters is 1. The molecule has 2 atom stereocenters. The predicted molar refractivity (Wildman–Crippen MR) is 84.0 cm³/mol. The van der Waals surface area contributed by atoms with Crippen LogP contribution in [-0.2, 0) is 9.53 Å². The van der Waals surface area contributed by atoms with Crippen LogP contribution in [0.25, 0.3) is 0 Å². The molecule has 0 aromatic rings. The molecule has 0 heterocycles. The van der Waals surface area contributed by atoms with Gasteiger partial charge in [-0.05, 0) is 70.1 Å². The maximum atomic E-state index is 11.8. The van der Waals surface area contributed by atoms with Crippen molar-refractivity contribution >= 4 is 5.97 Å². The number of hydrogen-bond donors (Lipinski definition) is 1. The maximum absolute atomic E-state index is 11.8. The van der Waals surface area contributed by atoms with Gasteiger partial charge in [0.15, 0.2) is 0 Å². The second-order valence-electron chi connectivity index (χ2n) is 7.43. The summed E-state index contributed by atoms with van der Waals surface area (Å²) in [7, 11) is 0. The van der Waals surface area contributed by atoms with Gasteiger partial charge in [-0.15, -0.1) is 0 Å². The summed E-state index contributed by atoms with van der Waals surface area (Å²) in [5.74, 6) is 2.26. The van der Waals surface area contributed by atoms with Crippen molar-refractivity contribution in [3.8, 4) is 0 Å². The first-order valence-electron chi connectivity index (χ1n) is 9.19. The van der Waals surface area contributed by atoms with E-state index in [0.29, 0.717) is 12.6 Å². The van der Waals surface area contributed by atoms with Crippen LogP contribution in [0.3, 0.4) is 0 Å². The molecule has 0 aliphatic heterocycles. The van der Waals surface area contributed by atoms with Crippen molar-refractivity contribution in [2.75, 3.05) is 6.61 Å². The normalized spacial score (nSPS) is 37.2. The lowest BCUT2D eigenvalue weighted by molar-refractivity contribution is -0.149. The van der Waals surface area contributed by atoms with Crippen LogP contribution in [0.4, 0.5) is 0 Å². The molecule has 0 radical (unpaired) electrons. The smallest absolute Gasteiger partial charge is 0.308 e. The first-order valence-corrected chi connectivity index (χ1v) is 9.19. The minimum absolute atomic E-state index is 0.0300. The molecule has 1 N–H and O–H groups in total. The Balaban J connectivity index is 1.39. The fourth-order valence-electron chi connectivity index (χ4n) is 4.46. The summed E-state index contributed by atoms with van der Waals surface area (Å²) in [5.41, 5.74) is 0. The van der Waals surface area contributed by atoms with Crippen molar-refractivity contribution in [2.45, 2.75) is 83.2 Å². The molecule has 3 rings (SSSR count). The maximum Gasteiger partial charge on any atom is 0.308 e. The summed E-state index contributed by atoms with van der Waals surface area (Å²) in [6.07, 6.45) is 12.9. The minimum atomic E-state index is 0.0300. The fourth-order valence-corrected chi connectivity index (χ4v) is 4.46. The van der Waals surface area contributed by atoms with Crippen LogP contribution in [0.15, 0.2) is 0 Å². The fraction of sp³-hybridized carbons (Fsp3) is 0.944. The van der Waals surface area contributed by atoms with Crippen molar-refractivity contribution in [3.63, 3.8) is 0 Å². The number of ether oxygens (including phenoxy) is 1. The van der Waals surface area contributed by atoms with Crippen LogP contribution in [0.2, 0.25) is 0 Å². The Morgan fingerprint density at radius 1 is 0.952 bits per heavy atom. The van der Waals surface area contributed by atoms with E-state index in [9.17, 15) is 4.79 Å². The quantitative estimate of drug-likeness (QED) is 0.786. The lowest BCUT2D eigenvalue weighted by atomic mass is 9.81. The highest BCUT2D eigenvalue weighted by atomic mass is 16.5. The highest BCUT2D eigenvalue weighted by Gasteiger charge is 2.35. The summed E-state index contributed by atoms with van der Waals surface area (Å²) >= 11 is 0. The van der Waals surface area contributed by atoms with Crippen molar-refractivity contribution in [1.29, 1.82) is 0 Å². The Morgan fingerprint density at radius 2 is 1.71 bits per heavy atom. The highest BCUT2D eigenvalue weighted by Crippen LogP contribution is 2.44. The van der Waals surface area contributed by atoms with Gasteiger partial charge < -0.3 is 10.1 Å². The van der Waals surface area contributed by atoms with Crippen LogP contribution >= 0.6 is 0 Å². The zero-order valence-electron chi connectivity index (χ0n) is 13.5. The standard InChI is InChI=1S/C18H31NO2/c1-2-21-18(20)14-8-10-16(11-9-14)19-17-5-3-4-15(12-17)13-6-7-13/h13-17,19H,2-12H2,1H3. The molecular weight excluding hydrogens is 262 g/mol. The SMILES string of the molecule is CCOC(=O)C1CCC(NC2CCCC(C3CC3)C2)CC1. The van der Waals surface area contributed by atoms with E-state index < -0.39 is 0 Å². The molecule has 120 valence electrons. The Morgan fingerprint density at radius 3 is 2.38 bits per heavy atom. The summed E-state index contributed by atoms with van der Waals surface area (Å²) in [6.45, 7) is 2.41. The zero-order valence-corrected chi connectivity index (χ0v) is 13.5. The number of carbonyl (C=O) groups is 1. The second-order valence-corrected chi connectivity index (χ2v) is 7.43. The summed E-state index contributed by atoms with van der Waals surface area (Å²) < 4.78 is 5.15. The molecule has 2 unspecified atom stereocenters. The molecule has 3 nitrogen and oxygen atoms in total. The van der Waals surface area contributed by atoms with Gasteiger partial charge in [-0.1, -0.05) is 12.8 Å². The first kappa shape index (κ1) is 15.3. The molecular formula is C18H31NO2.